The molecule has 1 aromatic heterocycles. The van der Waals surface area contributed by atoms with Crippen molar-refractivity contribution in [3.63, 3.8) is 0 Å². The predicted octanol–water partition coefficient (Wildman–Crippen LogP) is 0.885. The molecule has 1 atom stereocenters. The lowest BCUT2D eigenvalue weighted by molar-refractivity contribution is 0.0190. The Kier molecular flexibility index (Phi) is 8.76. The molecule has 2 aliphatic heterocycles. The van der Waals surface area contributed by atoms with E-state index in [1.54, 1.807) is 13.1 Å². The lowest BCUT2D eigenvalue weighted by atomic mass is 10.1. The van der Waals surface area contributed by atoms with Gasteiger partial charge in [-0.25, -0.2) is 8.42 Å². The summed E-state index contributed by atoms with van der Waals surface area (Å²) >= 11 is 0. The van der Waals surface area contributed by atoms with Crippen LogP contribution >= 0.6 is 24.0 Å². The van der Waals surface area contributed by atoms with Crippen molar-refractivity contribution in [2.24, 2.45) is 4.99 Å². The molecule has 27 heavy (non-hydrogen) atoms. The number of nitrogens with one attached hydrogen (secondary N) is 1. The molecular weight excluding hydrogens is 485 g/mol. The quantitative estimate of drug-likeness (QED) is 0.355. The van der Waals surface area contributed by atoms with Gasteiger partial charge >= 0.3 is 0 Å². The Labute approximate surface area is 177 Å². The third kappa shape index (κ3) is 6.29. The van der Waals surface area contributed by atoms with Crippen LogP contribution in [-0.4, -0.2) is 81.2 Å². The van der Waals surface area contributed by atoms with Crippen LogP contribution in [0.4, 0.5) is 0 Å². The Bertz CT molecular complexity index is 684. The van der Waals surface area contributed by atoms with E-state index in [1.807, 2.05) is 0 Å². The zero-order chi connectivity index (χ0) is 18.4. The standard InChI is InChI=1S/C16H27N5O4S.HI/c1-17-16(18-12-15-4-2-3-10-24-15)20-6-8-21(9-7-20)26(22,23)13-14-5-11-25-19-14;/h5,11,15H,2-4,6-10,12-13H2,1H3,(H,17,18);1H. The van der Waals surface area contributed by atoms with Crippen molar-refractivity contribution in [1.82, 2.24) is 19.7 Å². The smallest absolute Gasteiger partial charge is 0.220 e. The maximum Gasteiger partial charge on any atom is 0.220 e. The number of aromatic nitrogens is 1. The van der Waals surface area contributed by atoms with Gasteiger partial charge in [0.15, 0.2) is 5.96 Å². The zero-order valence-corrected chi connectivity index (χ0v) is 18.7. The number of guanidine groups is 1. The topological polar surface area (TPSA) is 100 Å². The van der Waals surface area contributed by atoms with E-state index in [0.29, 0.717) is 31.9 Å². The van der Waals surface area contributed by atoms with Crippen molar-refractivity contribution in [2.75, 3.05) is 46.4 Å². The van der Waals surface area contributed by atoms with E-state index in [4.69, 9.17) is 9.26 Å². The largest absolute Gasteiger partial charge is 0.376 e. The minimum atomic E-state index is -3.39. The average Bonchev–Trinajstić information content (AvgIpc) is 3.16. The fourth-order valence-electron chi connectivity index (χ4n) is 3.27. The number of rotatable bonds is 5. The molecule has 2 aliphatic rings. The molecular formula is C16H28IN5O4S. The molecule has 1 unspecified atom stereocenters. The van der Waals surface area contributed by atoms with Gasteiger partial charge in [-0.2, -0.15) is 4.31 Å². The van der Waals surface area contributed by atoms with E-state index < -0.39 is 10.0 Å². The van der Waals surface area contributed by atoms with Gasteiger partial charge in [-0.3, -0.25) is 4.99 Å². The number of nitrogens with zero attached hydrogens (tertiary/aromatic N) is 4. The first kappa shape index (κ1) is 22.4. The van der Waals surface area contributed by atoms with Gasteiger partial charge in [0, 0.05) is 52.4 Å². The van der Waals surface area contributed by atoms with Gasteiger partial charge < -0.3 is 19.5 Å². The highest BCUT2D eigenvalue weighted by Gasteiger charge is 2.29. The molecule has 2 saturated heterocycles. The van der Waals surface area contributed by atoms with Crippen LogP contribution in [0, 0.1) is 0 Å². The first-order valence-electron chi connectivity index (χ1n) is 9.03. The molecule has 1 N–H and O–H groups in total. The van der Waals surface area contributed by atoms with Gasteiger partial charge in [-0.05, 0) is 19.3 Å². The molecule has 11 heteroatoms. The van der Waals surface area contributed by atoms with Gasteiger partial charge in [-0.15, -0.1) is 24.0 Å². The van der Waals surface area contributed by atoms with Gasteiger partial charge in [0.25, 0.3) is 0 Å². The number of hydrogen-bond acceptors (Lipinski definition) is 6. The third-order valence-electron chi connectivity index (χ3n) is 4.73. The van der Waals surface area contributed by atoms with Gasteiger partial charge in [0.1, 0.15) is 12.0 Å². The number of piperazine rings is 1. The summed E-state index contributed by atoms with van der Waals surface area (Å²) in [5.74, 6) is 0.669. The number of halogens is 1. The van der Waals surface area contributed by atoms with Crippen LogP contribution < -0.4 is 5.32 Å². The maximum absolute atomic E-state index is 12.5. The molecule has 0 spiro atoms. The van der Waals surface area contributed by atoms with Crippen molar-refractivity contribution < 1.29 is 17.7 Å². The molecule has 1 aromatic rings. The first-order valence-corrected chi connectivity index (χ1v) is 10.6. The van der Waals surface area contributed by atoms with Gasteiger partial charge in [0.2, 0.25) is 10.0 Å². The van der Waals surface area contributed by atoms with Gasteiger partial charge in [-0.1, -0.05) is 5.16 Å². The molecule has 3 heterocycles. The third-order valence-corrected chi connectivity index (χ3v) is 6.54. The summed E-state index contributed by atoms with van der Waals surface area (Å²) in [5.41, 5.74) is 0.428. The van der Waals surface area contributed by atoms with E-state index >= 15 is 0 Å². The van der Waals surface area contributed by atoms with Crippen molar-refractivity contribution in [3.8, 4) is 0 Å². The highest BCUT2D eigenvalue weighted by Crippen LogP contribution is 2.14. The molecule has 0 saturated carbocycles. The Morgan fingerprint density at radius 3 is 2.70 bits per heavy atom. The summed E-state index contributed by atoms with van der Waals surface area (Å²) in [6.45, 7) is 3.62. The second-order valence-electron chi connectivity index (χ2n) is 6.55. The highest BCUT2D eigenvalue weighted by atomic mass is 127. The second-order valence-corrected chi connectivity index (χ2v) is 8.52. The van der Waals surface area contributed by atoms with Crippen LogP contribution in [0.3, 0.4) is 0 Å². The van der Waals surface area contributed by atoms with Crippen molar-refractivity contribution in [2.45, 2.75) is 31.1 Å². The van der Waals surface area contributed by atoms with Crippen molar-refractivity contribution in [3.05, 3.63) is 18.0 Å². The molecule has 9 nitrogen and oxygen atoms in total. The van der Waals surface area contributed by atoms with Crippen LogP contribution in [0.1, 0.15) is 25.0 Å². The number of hydrogen-bond donors (Lipinski definition) is 1. The second kappa shape index (κ2) is 10.6. The fourth-order valence-corrected chi connectivity index (χ4v) is 4.70. The predicted molar refractivity (Wildman–Crippen MR) is 113 cm³/mol. The minimum Gasteiger partial charge on any atom is -0.376 e. The van der Waals surface area contributed by atoms with Crippen LogP contribution in [0.2, 0.25) is 0 Å². The first-order chi connectivity index (χ1) is 12.6. The summed E-state index contributed by atoms with van der Waals surface area (Å²) in [4.78, 5) is 6.42. The number of sulfonamides is 1. The van der Waals surface area contributed by atoms with Crippen LogP contribution in [-0.2, 0) is 20.5 Å². The van der Waals surface area contributed by atoms with Gasteiger partial charge in [0.05, 0.1) is 11.8 Å². The SMILES string of the molecule is CN=C(NCC1CCCCO1)N1CCN(S(=O)(=O)Cc2ccon2)CC1.I. The minimum absolute atomic E-state index is 0. The molecule has 2 fully saturated rings. The van der Waals surface area contributed by atoms with E-state index in [9.17, 15) is 8.42 Å². The summed E-state index contributed by atoms with van der Waals surface area (Å²) in [6, 6.07) is 1.58. The van der Waals surface area contributed by atoms with Crippen LogP contribution in [0.25, 0.3) is 0 Å². The Balaban J connectivity index is 0.00000261. The van der Waals surface area contributed by atoms with Crippen LogP contribution in [0.15, 0.2) is 21.8 Å². The van der Waals surface area contributed by atoms with Crippen molar-refractivity contribution >= 4 is 40.0 Å². The van der Waals surface area contributed by atoms with E-state index in [-0.39, 0.29) is 35.8 Å². The normalized spacial score (nSPS) is 22.3. The molecule has 3 rings (SSSR count). The number of ether oxygens (including phenoxy) is 1. The molecule has 0 radical (unpaired) electrons. The highest BCUT2D eigenvalue weighted by molar-refractivity contribution is 14.0. The number of aliphatic imine (C=N–C) groups is 1. The average molecular weight is 513 g/mol. The van der Waals surface area contributed by atoms with E-state index in [2.05, 4.69) is 20.4 Å². The monoisotopic (exact) mass is 513 g/mol. The Morgan fingerprint density at radius 2 is 2.11 bits per heavy atom. The molecule has 154 valence electrons. The zero-order valence-electron chi connectivity index (χ0n) is 15.5. The molecule has 0 bridgehead atoms. The van der Waals surface area contributed by atoms with Crippen LogP contribution in [0.5, 0.6) is 0 Å². The summed E-state index contributed by atoms with van der Waals surface area (Å²) in [5, 5.41) is 7.05. The Hall–Kier alpha value is -0.920. The van der Waals surface area contributed by atoms with E-state index in [1.165, 1.54) is 17.0 Å². The molecule has 0 aliphatic carbocycles. The summed E-state index contributed by atoms with van der Waals surface area (Å²) in [7, 11) is -1.64. The summed E-state index contributed by atoms with van der Waals surface area (Å²) in [6.07, 6.45) is 5.01. The summed E-state index contributed by atoms with van der Waals surface area (Å²) < 4.78 is 36.9. The Morgan fingerprint density at radius 1 is 1.33 bits per heavy atom. The lowest BCUT2D eigenvalue weighted by Gasteiger charge is -2.36. The molecule has 0 aromatic carbocycles. The fraction of sp³-hybridized carbons (Fsp3) is 0.750. The maximum atomic E-state index is 12.5. The lowest BCUT2D eigenvalue weighted by Crippen LogP contribution is -2.54. The molecule has 0 amide bonds. The van der Waals surface area contributed by atoms with Crippen molar-refractivity contribution in [1.29, 1.82) is 0 Å². The van der Waals surface area contributed by atoms with E-state index in [0.717, 1.165) is 32.0 Å².